The molecule has 0 aliphatic carbocycles. The standard InChI is InChI=1S/C27H30N4O2/c1-27(2,3)20-5-4-6-21(17-20)31-25(32)12-9-19-7-10-22(11-8-19)33-23-13-14-28-24(18-23)26-29-15-16-30-26/h4-8,10-11,13-14,17-18H,9,12,15-16H2,1-3H3,(H,29,30)(H,31,32). The molecule has 170 valence electrons. The van der Waals surface area contributed by atoms with Crippen LogP contribution in [0.3, 0.4) is 0 Å². The van der Waals surface area contributed by atoms with Crippen LogP contribution in [0.15, 0.2) is 71.9 Å². The van der Waals surface area contributed by atoms with Gasteiger partial charge in [-0.2, -0.15) is 0 Å². The molecule has 0 unspecified atom stereocenters. The lowest BCUT2D eigenvalue weighted by molar-refractivity contribution is -0.116. The number of amidine groups is 1. The Balaban J connectivity index is 1.30. The summed E-state index contributed by atoms with van der Waals surface area (Å²) in [7, 11) is 0. The summed E-state index contributed by atoms with van der Waals surface area (Å²) in [5.41, 5.74) is 3.95. The Morgan fingerprint density at radius 1 is 1.06 bits per heavy atom. The first kappa shape index (κ1) is 22.5. The van der Waals surface area contributed by atoms with Gasteiger partial charge in [-0.1, -0.05) is 45.0 Å². The number of benzene rings is 2. The summed E-state index contributed by atoms with van der Waals surface area (Å²) in [5, 5.41) is 6.23. The van der Waals surface area contributed by atoms with Crippen LogP contribution >= 0.6 is 0 Å². The van der Waals surface area contributed by atoms with Crippen molar-refractivity contribution in [1.29, 1.82) is 0 Å². The van der Waals surface area contributed by atoms with Gasteiger partial charge >= 0.3 is 0 Å². The number of hydrogen-bond acceptors (Lipinski definition) is 5. The number of aromatic nitrogens is 1. The number of nitrogens with zero attached hydrogens (tertiary/aromatic N) is 2. The number of carbonyl (C=O) groups excluding carboxylic acids is 1. The molecule has 0 bridgehead atoms. The molecule has 2 heterocycles. The van der Waals surface area contributed by atoms with E-state index in [4.69, 9.17) is 4.74 Å². The van der Waals surface area contributed by atoms with Crippen molar-refractivity contribution in [3.8, 4) is 11.5 Å². The summed E-state index contributed by atoms with van der Waals surface area (Å²) < 4.78 is 5.97. The number of ether oxygens (including phenoxy) is 1. The highest BCUT2D eigenvalue weighted by Crippen LogP contribution is 2.25. The van der Waals surface area contributed by atoms with Crippen molar-refractivity contribution >= 4 is 17.4 Å². The fourth-order valence-electron chi connectivity index (χ4n) is 3.58. The van der Waals surface area contributed by atoms with Crippen LogP contribution in [-0.2, 0) is 16.6 Å². The summed E-state index contributed by atoms with van der Waals surface area (Å²) in [5.74, 6) is 2.26. The second kappa shape index (κ2) is 9.86. The molecule has 33 heavy (non-hydrogen) atoms. The Morgan fingerprint density at radius 3 is 2.61 bits per heavy atom. The molecule has 4 rings (SSSR count). The largest absolute Gasteiger partial charge is 0.457 e. The number of nitrogens with one attached hydrogen (secondary N) is 2. The van der Waals surface area contributed by atoms with Crippen LogP contribution in [0.2, 0.25) is 0 Å². The van der Waals surface area contributed by atoms with Gasteiger partial charge in [0.1, 0.15) is 23.0 Å². The van der Waals surface area contributed by atoms with E-state index in [1.807, 2.05) is 54.6 Å². The second-order valence-electron chi connectivity index (χ2n) is 9.16. The van der Waals surface area contributed by atoms with Gasteiger partial charge in [0.15, 0.2) is 0 Å². The quantitative estimate of drug-likeness (QED) is 0.534. The van der Waals surface area contributed by atoms with Crippen LogP contribution in [0, 0.1) is 0 Å². The third-order valence-electron chi connectivity index (χ3n) is 5.46. The van der Waals surface area contributed by atoms with Crippen molar-refractivity contribution in [2.24, 2.45) is 4.99 Å². The smallest absolute Gasteiger partial charge is 0.224 e. The molecule has 2 N–H and O–H groups in total. The van der Waals surface area contributed by atoms with E-state index in [0.29, 0.717) is 18.6 Å². The molecular formula is C27H30N4O2. The first-order valence-corrected chi connectivity index (χ1v) is 11.3. The third-order valence-corrected chi connectivity index (χ3v) is 5.46. The Kier molecular flexibility index (Phi) is 6.73. The Labute approximate surface area is 195 Å². The fraction of sp³-hybridized carbons (Fsp3) is 0.296. The molecule has 6 nitrogen and oxygen atoms in total. The van der Waals surface area contributed by atoms with Gasteiger partial charge in [0, 0.05) is 30.9 Å². The third kappa shape index (κ3) is 6.19. The molecule has 0 atom stereocenters. The van der Waals surface area contributed by atoms with Gasteiger partial charge in [0.25, 0.3) is 0 Å². The maximum absolute atomic E-state index is 12.4. The molecule has 0 saturated heterocycles. The van der Waals surface area contributed by atoms with E-state index >= 15 is 0 Å². The monoisotopic (exact) mass is 442 g/mol. The molecule has 6 heteroatoms. The molecule has 1 amide bonds. The molecular weight excluding hydrogens is 412 g/mol. The van der Waals surface area contributed by atoms with Crippen molar-refractivity contribution in [2.75, 3.05) is 18.4 Å². The number of amides is 1. The van der Waals surface area contributed by atoms with Gasteiger partial charge in [0.05, 0.1) is 6.54 Å². The Hall–Kier alpha value is -3.67. The van der Waals surface area contributed by atoms with E-state index in [-0.39, 0.29) is 11.3 Å². The fourth-order valence-corrected chi connectivity index (χ4v) is 3.58. The predicted molar refractivity (Wildman–Crippen MR) is 132 cm³/mol. The van der Waals surface area contributed by atoms with Gasteiger partial charge in [-0.15, -0.1) is 0 Å². The van der Waals surface area contributed by atoms with Gasteiger partial charge in [-0.05, 0) is 53.3 Å². The highest BCUT2D eigenvalue weighted by atomic mass is 16.5. The Morgan fingerprint density at radius 2 is 1.88 bits per heavy atom. The van der Waals surface area contributed by atoms with E-state index < -0.39 is 0 Å². The average Bonchev–Trinajstić information content (AvgIpc) is 3.34. The predicted octanol–water partition coefficient (Wildman–Crippen LogP) is 5.09. The highest BCUT2D eigenvalue weighted by molar-refractivity contribution is 5.98. The lowest BCUT2D eigenvalue weighted by Crippen LogP contribution is -2.20. The molecule has 3 aromatic rings. The number of pyridine rings is 1. The zero-order valence-electron chi connectivity index (χ0n) is 19.4. The number of rotatable bonds is 7. The minimum absolute atomic E-state index is 0.00846. The normalized spacial score (nSPS) is 13.2. The van der Waals surface area contributed by atoms with E-state index in [1.54, 1.807) is 6.20 Å². The van der Waals surface area contributed by atoms with Crippen molar-refractivity contribution in [3.05, 3.63) is 83.7 Å². The number of aliphatic imine (C=N–C) groups is 1. The highest BCUT2D eigenvalue weighted by Gasteiger charge is 2.14. The summed E-state index contributed by atoms with van der Waals surface area (Å²) in [4.78, 5) is 21.2. The molecule has 0 fully saturated rings. The number of hydrogen-bond donors (Lipinski definition) is 2. The molecule has 1 aliphatic heterocycles. The van der Waals surface area contributed by atoms with E-state index in [0.717, 1.165) is 41.6 Å². The zero-order valence-corrected chi connectivity index (χ0v) is 19.4. The van der Waals surface area contributed by atoms with Crippen LogP contribution in [0.5, 0.6) is 11.5 Å². The van der Waals surface area contributed by atoms with E-state index in [9.17, 15) is 4.79 Å². The lowest BCUT2D eigenvalue weighted by atomic mass is 9.87. The molecule has 1 aromatic heterocycles. The second-order valence-corrected chi connectivity index (χ2v) is 9.16. The SMILES string of the molecule is CC(C)(C)c1cccc(NC(=O)CCc2ccc(Oc3ccnc(C4=NCCN4)c3)cc2)c1. The first-order valence-electron chi connectivity index (χ1n) is 11.3. The van der Waals surface area contributed by atoms with Crippen LogP contribution in [-0.4, -0.2) is 29.8 Å². The average molecular weight is 443 g/mol. The van der Waals surface area contributed by atoms with Gasteiger partial charge in [-0.3, -0.25) is 14.8 Å². The van der Waals surface area contributed by atoms with Crippen LogP contribution in [0.25, 0.3) is 0 Å². The minimum Gasteiger partial charge on any atom is -0.457 e. The van der Waals surface area contributed by atoms with Gasteiger partial charge in [-0.25, -0.2) is 0 Å². The maximum atomic E-state index is 12.4. The number of carbonyl (C=O) groups is 1. The van der Waals surface area contributed by atoms with Gasteiger partial charge in [0.2, 0.25) is 5.91 Å². The summed E-state index contributed by atoms with van der Waals surface area (Å²) >= 11 is 0. The van der Waals surface area contributed by atoms with E-state index in [2.05, 4.69) is 47.4 Å². The topological polar surface area (TPSA) is 75.6 Å². The van der Waals surface area contributed by atoms with Crippen LogP contribution < -0.4 is 15.4 Å². The van der Waals surface area contributed by atoms with Crippen LogP contribution in [0.4, 0.5) is 5.69 Å². The first-order chi connectivity index (χ1) is 15.9. The van der Waals surface area contributed by atoms with Crippen molar-refractivity contribution in [1.82, 2.24) is 10.3 Å². The summed E-state index contributed by atoms with van der Waals surface area (Å²) in [6, 6.07) is 19.6. The summed E-state index contributed by atoms with van der Waals surface area (Å²) in [6.07, 6.45) is 2.80. The van der Waals surface area contributed by atoms with Crippen molar-refractivity contribution < 1.29 is 9.53 Å². The minimum atomic E-state index is 0.00846. The lowest BCUT2D eigenvalue weighted by Gasteiger charge is -2.19. The Bertz CT molecular complexity index is 1150. The molecule has 1 aliphatic rings. The molecule has 2 aromatic carbocycles. The van der Waals surface area contributed by atoms with Crippen molar-refractivity contribution in [2.45, 2.75) is 39.0 Å². The molecule has 0 spiro atoms. The van der Waals surface area contributed by atoms with Crippen molar-refractivity contribution in [3.63, 3.8) is 0 Å². The maximum Gasteiger partial charge on any atom is 0.224 e. The van der Waals surface area contributed by atoms with Crippen LogP contribution in [0.1, 0.15) is 44.0 Å². The molecule has 0 radical (unpaired) electrons. The van der Waals surface area contributed by atoms with Gasteiger partial charge < -0.3 is 15.4 Å². The summed E-state index contributed by atoms with van der Waals surface area (Å²) in [6.45, 7) is 8.10. The zero-order chi connectivity index (χ0) is 23.3. The van der Waals surface area contributed by atoms with E-state index in [1.165, 1.54) is 5.56 Å². The number of anilines is 1. The number of aryl methyl sites for hydroxylation is 1. The molecule has 0 saturated carbocycles.